The molecule has 0 aromatic heterocycles. The van der Waals surface area contributed by atoms with Crippen molar-refractivity contribution >= 4 is 17.5 Å². The molecule has 0 aliphatic carbocycles. The van der Waals surface area contributed by atoms with Crippen molar-refractivity contribution in [1.82, 2.24) is 4.90 Å². The number of piperidine rings is 1. The summed E-state index contributed by atoms with van der Waals surface area (Å²) in [7, 11) is 1.64. The van der Waals surface area contributed by atoms with Crippen LogP contribution in [-0.2, 0) is 16.0 Å². The van der Waals surface area contributed by atoms with Gasteiger partial charge in [-0.2, -0.15) is 0 Å². The third-order valence-corrected chi connectivity index (χ3v) is 6.29. The zero-order chi connectivity index (χ0) is 21.6. The van der Waals surface area contributed by atoms with Crippen molar-refractivity contribution in [2.75, 3.05) is 32.1 Å². The quantitative estimate of drug-likeness (QED) is 0.767. The largest absolute Gasteiger partial charge is 0.497 e. The van der Waals surface area contributed by atoms with Gasteiger partial charge < -0.3 is 19.7 Å². The molecule has 2 aromatic rings. The van der Waals surface area contributed by atoms with Gasteiger partial charge in [0.1, 0.15) is 18.1 Å². The molecule has 164 valence electrons. The van der Waals surface area contributed by atoms with Crippen molar-refractivity contribution in [2.45, 2.75) is 32.1 Å². The van der Waals surface area contributed by atoms with Crippen LogP contribution in [0, 0.1) is 11.8 Å². The van der Waals surface area contributed by atoms with E-state index in [-0.39, 0.29) is 17.7 Å². The summed E-state index contributed by atoms with van der Waals surface area (Å²) in [6, 6.07) is 15.3. The summed E-state index contributed by atoms with van der Waals surface area (Å²) in [6.07, 6.45) is 3.96. The van der Waals surface area contributed by atoms with E-state index in [4.69, 9.17) is 9.47 Å². The maximum Gasteiger partial charge on any atom is 0.229 e. The molecule has 2 heterocycles. The van der Waals surface area contributed by atoms with Crippen molar-refractivity contribution in [1.29, 1.82) is 0 Å². The summed E-state index contributed by atoms with van der Waals surface area (Å²) in [5.74, 6) is 2.20. The molecule has 6 nitrogen and oxygen atoms in total. The fourth-order valence-corrected chi connectivity index (χ4v) is 4.44. The molecule has 1 atom stereocenters. The molecule has 6 heteroatoms. The van der Waals surface area contributed by atoms with Crippen LogP contribution < -0.4 is 14.8 Å². The Morgan fingerprint density at radius 2 is 1.90 bits per heavy atom. The minimum atomic E-state index is -0.146. The maximum absolute atomic E-state index is 13.0. The smallest absolute Gasteiger partial charge is 0.229 e. The number of hydrogen-bond donors (Lipinski definition) is 1. The summed E-state index contributed by atoms with van der Waals surface area (Å²) in [6.45, 7) is 1.94. The number of hydrogen-bond acceptors (Lipinski definition) is 4. The van der Waals surface area contributed by atoms with E-state index in [2.05, 4.69) is 5.32 Å². The van der Waals surface area contributed by atoms with Gasteiger partial charge in [-0.05, 0) is 67.5 Å². The van der Waals surface area contributed by atoms with E-state index in [1.807, 2.05) is 53.4 Å². The standard InChI is InChI=1S/C25H30N2O4/c1-30-22-8-9-23-19(16-22)15-20(17-31-23)25(29)27-13-11-18(12-14-27)7-10-24(28)26-21-5-3-2-4-6-21/h2-6,8-9,16,18,20H,7,10-15,17H2,1H3,(H,26,28)/t20-/m0/s1. The first-order chi connectivity index (χ1) is 15.1. The van der Waals surface area contributed by atoms with Gasteiger partial charge >= 0.3 is 0 Å². The van der Waals surface area contributed by atoms with E-state index < -0.39 is 0 Å². The first kappa shape index (κ1) is 21.2. The number of para-hydroxylation sites is 1. The lowest BCUT2D eigenvalue weighted by atomic mass is 9.90. The Balaban J connectivity index is 1.22. The highest BCUT2D eigenvalue weighted by Crippen LogP contribution is 2.32. The molecule has 1 fully saturated rings. The van der Waals surface area contributed by atoms with Gasteiger partial charge in [-0.1, -0.05) is 18.2 Å². The summed E-state index contributed by atoms with van der Waals surface area (Å²) < 4.78 is 11.1. The molecule has 2 aromatic carbocycles. The van der Waals surface area contributed by atoms with Gasteiger partial charge in [-0.3, -0.25) is 9.59 Å². The molecular formula is C25H30N2O4. The number of benzene rings is 2. The van der Waals surface area contributed by atoms with Gasteiger partial charge in [0.05, 0.1) is 13.0 Å². The highest BCUT2D eigenvalue weighted by molar-refractivity contribution is 5.90. The van der Waals surface area contributed by atoms with Crippen molar-refractivity contribution in [3.05, 3.63) is 54.1 Å². The Morgan fingerprint density at radius 1 is 1.13 bits per heavy atom. The average Bonchev–Trinajstić information content (AvgIpc) is 2.82. The zero-order valence-electron chi connectivity index (χ0n) is 18.0. The second kappa shape index (κ2) is 9.86. The van der Waals surface area contributed by atoms with Crippen LogP contribution in [-0.4, -0.2) is 43.5 Å². The maximum atomic E-state index is 13.0. The van der Waals surface area contributed by atoms with Crippen LogP contribution in [0.25, 0.3) is 0 Å². The molecule has 1 saturated heterocycles. The number of methoxy groups -OCH3 is 1. The predicted molar refractivity (Wildman–Crippen MR) is 119 cm³/mol. The van der Waals surface area contributed by atoms with Crippen molar-refractivity contribution < 1.29 is 19.1 Å². The van der Waals surface area contributed by atoms with E-state index in [9.17, 15) is 9.59 Å². The van der Waals surface area contributed by atoms with E-state index >= 15 is 0 Å². The minimum Gasteiger partial charge on any atom is -0.497 e. The van der Waals surface area contributed by atoms with Crippen molar-refractivity contribution in [3.8, 4) is 11.5 Å². The van der Waals surface area contributed by atoms with Crippen LogP contribution in [0.1, 0.15) is 31.2 Å². The van der Waals surface area contributed by atoms with Crippen LogP contribution in [0.3, 0.4) is 0 Å². The van der Waals surface area contributed by atoms with Crippen LogP contribution in [0.4, 0.5) is 5.69 Å². The Bertz CT molecular complexity index is 907. The molecule has 2 aliphatic rings. The topological polar surface area (TPSA) is 67.9 Å². The second-order valence-electron chi connectivity index (χ2n) is 8.41. The minimum absolute atomic E-state index is 0.0538. The zero-order valence-corrected chi connectivity index (χ0v) is 18.0. The van der Waals surface area contributed by atoms with E-state index in [1.54, 1.807) is 7.11 Å². The number of anilines is 1. The molecule has 1 N–H and O–H groups in total. The van der Waals surface area contributed by atoms with Crippen LogP contribution in [0.5, 0.6) is 11.5 Å². The molecule has 0 bridgehead atoms. The SMILES string of the molecule is COc1ccc2c(c1)C[C@H](C(=O)N1CCC(CCC(=O)Nc3ccccc3)CC1)CO2. The van der Waals surface area contributed by atoms with E-state index in [1.165, 1.54) is 0 Å². The highest BCUT2D eigenvalue weighted by atomic mass is 16.5. The lowest BCUT2D eigenvalue weighted by Crippen LogP contribution is -2.44. The Morgan fingerprint density at radius 3 is 2.65 bits per heavy atom. The lowest BCUT2D eigenvalue weighted by Gasteiger charge is -2.35. The fourth-order valence-electron chi connectivity index (χ4n) is 4.44. The molecule has 31 heavy (non-hydrogen) atoms. The molecule has 0 radical (unpaired) electrons. The van der Waals surface area contributed by atoms with Gasteiger partial charge in [0.15, 0.2) is 0 Å². The fraction of sp³-hybridized carbons (Fsp3) is 0.440. The first-order valence-electron chi connectivity index (χ1n) is 11.1. The van der Waals surface area contributed by atoms with Crippen molar-refractivity contribution in [3.63, 3.8) is 0 Å². The molecule has 0 saturated carbocycles. The average molecular weight is 423 g/mol. The van der Waals surface area contributed by atoms with Crippen LogP contribution in [0.2, 0.25) is 0 Å². The van der Waals surface area contributed by atoms with Gasteiger partial charge in [0.2, 0.25) is 11.8 Å². The number of nitrogens with one attached hydrogen (secondary N) is 1. The Kier molecular flexibility index (Phi) is 6.75. The van der Waals surface area contributed by atoms with Gasteiger partial charge in [0, 0.05) is 25.2 Å². The van der Waals surface area contributed by atoms with E-state index in [0.717, 1.165) is 55.1 Å². The first-order valence-corrected chi connectivity index (χ1v) is 11.1. The second-order valence-corrected chi connectivity index (χ2v) is 8.41. The van der Waals surface area contributed by atoms with Gasteiger partial charge in [-0.25, -0.2) is 0 Å². The summed E-state index contributed by atoms with van der Waals surface area (Å²) in [5, 5.41) is 2.94. The van der Waals surface area contributed by atoms with Gasteiger partial charge in [0.25, 0.3) is 0 Å². The number of carbonyl (C=O) groups excluding carboxylic acids is 2. The van der Waals surface area contributed by atoms with Crippen molar-refractivity contribution in [2.24, 2.45) is 11.8 Å². The normalized spacial score (nSPS) is 18.6. The molecule has 2 amide bonds. The number of amides is 2. The number of nitrogens with zero attached hydrogens (tertiary/aromatic N) is 1. The molecular weight excluding hydrogens is 392 g/mol. The molecule has 0 unspecified atom stereocenters. The lowest BCUT2D eigenvalue weighted by molar-refractivity contribution is -0.138. The summed E-state index contributed by atoms with van der Waals surface area (Å²) in [5.41, 5.74) is 1.87. The number of rotatable bonds is 6. The molecule has 2 aliphatic heterocycles. The van der Waals surface area contributed by atoms with Crippen LogP contribution >= 0.6 is 0 Å². The van der Waals surface area contributed by atoms with E-state index in [0.29, 0.717) is 25.4 Å². The van der Waals surface area contributed by atoms with Crippen LogP contribution in [0.15, 0.2) is 48.5 Å². The number of likely N-dealkylation sites (tertiary alicyclic amines) is 1. The number of ether oxygens (including phenoxy) is 2. The third kappa shape index (κ3) is 5.37. The monoisotopic (exact) mass is 422 g/mol. The highest BCUT2D eigenvalue weighted by Gasteiger charge is 2.32. The summed E-state index contributed by atoms with van der Waals surface area (Å²) >= 11 is 0. The molecule has 0 spiro atoms. The Hall–Kier alpha value is -3.02. The summed E-state index contributed by atoms with van der Waals surface area (Å²) in [4.78, 5) is 27.2. The molecule has 4 rings (SSSR count). The number of carbonyl (C=O) groups is 2. The predicted octanol–water partition coefficient (Wildman–Crippen LogP) is 3.90. The van der Waals surface area contributed by atoms with Gasteiger partial charge in [-0.15, -0.1) is 0 Å². The third-order valence-electron chi connectivity index (χ3n) is 6.29. The number of fused-ring (bicyclic) bond motifs is 1. The Labute approximate surface area is 183 Å².